The van der Waals surface area contributed by atoms with Crippen molar-refractivity contribution in [3.8, 4) is 5.75 Å². The van der Waals surface area contributed by atoms with E-state index in [9.17, 15) is 4.79 Å². The SMILES string of the molecule is O=C(O)NCCCCCCCOc1ccccc1. The van der Waals surface area contributed by atoms with Crippen molar-refractivity contribution in [1.29, 1.82) is 0 Å². The van der Waals surface area contributed by atoms with Crippen LogP contribution in [-0.4, -0.2) is 24.4 Å². The number of hydrogen-bond donors (Lipinski definition) is 2. The molecule has 4 nitrogen and oxygen atoms in total. The average Bonchev–Trinajstić information content (AvgIpc) is 2.37. The van der Waals surface area contributed by atoms with Crippen molar-refractivity contribution in [2.45, 2.75) is 32.1 Å². The first kappa shape index (κ1) is 14.4. The van der Waals surface area contributed by atoms with E-state index in [0.29, 0.717) is 6.54 Å². The summed E-state index contributed by atoms with van der Waals surface area (Å²) in [7, 11) is 0. The van der Waals surface area contributed by atoms with E-state index < -0.39 is 6.09 Å². The van der Waals surface area contributed by atoms with Gasteiger partial charge < -0.3 is 15.2 Å². The summed E-state index contributed by atoms with van der Waals surface area (Å²) in [5.74, 6) is 0.920. The second-order valence-corrected chi connectivity index (χ2v) is 4.16. The Kier molecular flexibility index (Phi) is 7.44. The second-order valence-electron chi connectivity index (χ2n) is 4.16. The molecule has 2 N–H and O–H groups in total. The van der Waals surface area contributed by atoms with Crippen molar-refractivity contribution in [2.75, 3.05) is 13.2 Å². The summed E-state index contributed by atoms with van der Waals surface area (Å²) in [6.45, 7) is 1.30. The van der Waals surface area contributed by atoms with E-state index in [1.165, 1.54) is 0 Å². The summed E-state index contributed by atoms with van der Waals surface area (Å²) in [4.78, 5) is 10.2. The van der Waals surface area contributed by atoms with Gasteiger partial charge in [-0.15, -0.1) is 0 Å². The van der Waals surface area contributed by atoms with Gasteiger partial charge in [0.2, 0.25) is 0 Å². The maximum Gasteiger partial charge on any atom is 0.404 e. The molecule has 0 saturated carbocycles. The van der Waals surface area contributed by atoms with Gasteiger partial charge in [0.15, 0.2) is 0 Å². The normalized spacial score (nSPS) is 10.0. The van der Waals surface area contributed by atoms with Gasteiger partial charge in [-0.2, -0.15) is 0 Å². The first-order chi connectivity index (χ1) is 8.79. The van der Waals surface area contributed by atoms with E-state index in [1.807, 2.05) is 30.3 Å². The third-order valence-electron chi connectivity index (χ3n) is 2.61. The minimum Gasteiger partial charge on any atom is -0.494 e. The molecule has 0 aliphatic heterocycles. The highest BCUT2D eigenvalue weighted by Gasteiger charge is 1.95. The molecule has 0 aromatic heterocycles. The van der Waals surface area contributed by atoms with Gasteiger partial charge in [-0.05, 0) is 25.0 Å². The number of unbranched alkanes of at least 4 members (excludes halogenated alkanes) is 4. The number of hydrogen-bond acceptors (Lipinski definition) is 2. The zero-order valence-electron chi connectivity index (χ0n) is 10.6. The zero-order chi connectivity index (χ0) is 13.1. The number of ether oxygens (including phenoxy) is 1. The predicted molar refractivity (Wildman–Crippen MR) is 71.0 cm³/mol. The molecule has 0 bridgehead atoms. The van der Waals surface area contributed by atoms with Crippen LogP contribution >= 0.6 is 0 Å². The Morgan fingerprint density at radius 2 is 1.72 bits per heavy atom. The largest absolute Gasteiger partial charge is 0.494 e. The van der Waals surface area contributed by atoms with Crippen molar-refractivity contribution in [1.82, 2.24) is 5.32 Å². The standard InChI is InChI=1S/C14H21NO3/c16-14(17)15-11-7-2-1-3-8-12-18-13-9-5-4-6-10-13/h4-6,9-10,15H,1-3,7-8,11-12H2,(H,16,17). The molecule has 0 aliphatic rings. The van der Waals surface area contributed by atoms with E-state index in [4.69, 9.17) is 9.84 Å². The highest BCUT2D eigenvalue weighted by Crippen LogP contribution is 2.09. The molecule has 0 saturated heterocycles. The van der Waals surface area contributed by atoms with Gasteiger partial charge >= 0.3 is 6.09 Å². The first-order valence-corrected chi connectivity index (χ1v) is 6.43. The van der Waals surface area contributed by atoms with Gasteiger partial charge in [0, 0.05) is 6.54 Å². The van der Waals surface area contributed by atoms with Crippen LogP contribution in [0.2, 0.25) is 0 Å². The average molecular weight is 251 g/mol. The van der Waals surface area contributed by atoms with E-state index in [2.05, 4.69) is 5.32 Å². The van der Waals surface area contributed by atoms with Gasteiger partial charge in [-0.25, -0.2) is 4.79 Å². The van der Waals surface area contributed by atoms with Crippen LogP contribution in [0.5, 0.6) is 5.75 Å². The number of carboxylic acid groups (broad SMARTS) is 1. The van der Waals surface area contributed by atoms with Crippen molar-refractivity contribution in [3.05, 3.63) is 30.3 Å². The second kappa shape index (κ2) is 9.33. The summed E-state index contributed by atoms with van der Waals surface area (Å²) in [6, 6.07) is 9.81. The van der Waals surface area contributed by atoms with Crippen LogP contribution in [0, 0.1) is 0 Å². The number of carbonyl (C=O) groups is 1. The molecule has 0 spiro atoms. The van der Waals surface area contributed by atoms with Crippen LogP contribution in [0.15, 0.2) is 30.3 Å². The van der Waals surface area contributed by atoms with Gasteiger partial charge in [0.05, 0.1) is 6.61 Å². The fourth-order valence-electron chi connectivity index (χ4n) is 1.66. The molecule has 1 amide bonds. The third kappa shape index (κ3) is 7.54. The fraction of sp³-hybridized carbons (Fsp3) is 0.500. The summed E-state index contributed by atoms with van der Waals surface area (Å²) in [5.41, 5.74) is 0. The number of amides is 1. The number of nitrogens with one attached hydrogen (secondary N) is 1. The van der Waals surface area contributed by atoms with Crippen LogP contribution in [0.3, 0.4) is 0 Å². The topological polar surface area (TPSA) is 58.6 Å². The monoisotopic (exact) mass is 251 g/mol. The molecule has 1 rings (SSSR count). The molecule has 0 atom stereocenters. The maximum absolute atomic E-state index is 10.2. The number of rotatable bonds is 9. The Morgan fingerprint density at radius 3 is 2.44 bits per heavy atom. The third-order valence-corrected chi connectivity index (χ3v) is 2.61. The van der Waals surface area contributed by atoms with E-state index in [0.717, 1.165) is 44.5 Å². The predicted octanol–water partition coefficient (Wildman–Crippen LogP) is 3.28. The number of benzene rings is 1. The van der Waals surface area contributed by atoms with Crippen LogP contribution < -0.4 is 10.1 Å². The Morgan fingerprint density at radius 1 is 1.06 bits per heavy atom. The molecule has 0 fully saturated rings. The molecule has 0 unspecified atom stereocenters. The highest BCUT2D eigenvalue weighted by molar-refractivity contribution is 5.64. The lowest BCUT2D eigenvalue weighted by Gasteiger charge is -2.05. The minimum absolute atomic E-state index is 0.551. The molecular weight excluding hydrogens is 230 g/mol. The Hall–Kier alpha value is -1.71. The van der Waals surface area contributed by atoms with E-state index in [-0.39, 0.29) is 0 Å². The summed E-state index contributed by atoms with van der Waals surface area (Å²) in [6.07, 6.45) is 4.32. The summed E-state index contributed by atoms with van der Waals surface area (Å²) in [5, 5.41) is 10.7. The molecule has 0 heterocycles. The first-order valence-electron chi connectivity index (χ1n) is 6.43. The molecular formula is C14H21NO3. The summed E-state index contributed by atoms with van der Waals surface area (Å²) < 4.78 is 5.58. The lowest BCUT2D eigenvalue weighted by atomic mass is 10.1. The van der Waals surface area contributed by atoms with Crippen LogP contribution in [-0.2, 0) is 0 Å². The van der Waals surface area contributed by atoms with Crippen molar-refractivity contribution in [2.24, 2.45) is 0 Å². The molecule has 100 valence electrons. The molecule has 18 heavy (non-hydrogen) atoms. The number of para-hydroxylation sites is 1. The Labute approximate surface area is 108 Å². The van der Waals surface area contributed by atoms with Crippen molar-refractivity contribution < 1.29 is 14.6 Å². The van der Waals surface area contributed by atoms with Gasteiger partial charge in [-0.1, -0.05) is 37.5 Å². The summed E-state index contributed by atoms with van der Waals surface area (Å²) >= 11 is 0. The Bertz CT molecular complexity index is 327. The van der Waals surface area contributed by atoms with Crippen LogP contribution in [0.25, 0.3) is 0 Å². The highest BCUT2D eigenvalue weighted by atomic mass is 16.5. The zero-order valence-corrected chi connectivity index (χ0v) is 10.6. The van der Waals surface area contributed by atoms with Crippen molar-refractivity contribution >= 4 is 6.09 Å². The van der Waals surface area contributed by atoms with Gasteiger partial charge in [0.1, 0.15) is 5.75 Å². The molecule has 1 aromatic carbocycles. The molecule has 4 heteroatoms. The quantitative estimate of drug-likeness (QED) is 0.662. The van der Waals surface area contributed by atoms with Crippen LogP contribution in [0.1, 0.15) is 32.1 Å². The van der Waals surface area contributed by atoms with Gasteiger partial charge in [0.25, 0.3) is 0 Å². The fourth-order valence-corrected chi connectivity index (χ4v) is 1.66. The lowest BCUT2D eigenvalue weighted by Crippen LogP contribution is -2.21. The van der Waals surface area contributed by atoms with E-state index in [1.54, 1.807) is 0 Å². The minimum atomic E-state index is -0.939. The molecule has 0 radical (unpaired) electrons. The maximum atomic E-state index is 10.2. The van der Waals surface area contributed by atoms with Gasteiger partial charge in [-0.3, -0.25) is 0 Å². The van der Waals surface area contributed by atoms with Crippen LogP contribution in [0.4, 0.5) is 4.79 Å². The molecule has 0 aliphatic carbocycles. The van der Waals surface area contributed by atoms with E-state index >= 15 is 0 Å². The smallest absolute Gasteiger partial charge is 0.404 e. The Balaban J connectivity index is 1.86. The molecule has 1 aromatic rings. The van der Waals surface area contributed by atoms with Crippen molar-refractivity contribution in [3.63, 3.8) is 0 Å². The lowest BCUT2D eigenvalue weighted by molar-refractivity contribution is 0.194.